The Balaban J connectivity index is 4.23. The van der Waals surface area contributed by atoms with Crippen LogP contribution in [0.4, 0.5) is 0 Å². The van der Waals surface area contributed by atoms with Gasteiger partial charge < -0.3 is 14.2 Å². The van der Waals surface area contributed by atoms with Crippen LogP contribution in [-0.4, -0.2) is 37.2 Å². The SMILES string of the molecule is CCCCCCCCCC/C=C\CCCCCCCCCC(=O)OC[C@@H](COC(=O)CCCCCCCCCCCC)OC(=O)CCCCCCCCCCCC. The maximum atomic E-state index is 12.7. The molecule has 0 N–H and O–H groups in total. The third-order valence-corrected chi connectivity index (χ3v) is 11.3. The van der Waals surface area contributed by atoms with Crippen LogP contribution in [0.5, 0.6) is 0 Å². The highest BCUT2D eigenvalue weighted by atomic mass is 16.6. The summed E-state index contributed by atoms with van der Waals surface area (Å²) in [6, 6.07) is 0. The summed E-state index contributed by atoms with van der Waals surface area (Å²) in [6.07, 6.45) is 50.6. The molecule has 0 rings (SSSR count). The summed E-state index contributed by atoms with van der Waals surface area (Å²) in [6.45, 7) is 6.63. The van der Waals surface area contributed by atoms with E-state index in [9.17, 15) is 14.4 Å². The smallest absolute Gasteiger partial charge is 0.306 e. The molecule has 336 valence electrons. The lowest BCUT2D eigenvalue weighted by atomic mass is 10.1. The van der Waals surface area contributed by atoms with Crippen molar-refractivity contribution in [2.24, 2.45) is 0 Å². The molecule has 0 aromatic carbocycles. The zero-order valence-electron chi connectivity index (χ0n) is 38.4. The van der Waals surface area contributed by atoms with Crippen LogP contribution in [-0.2, 0) is 28.6 Å². The van der Waals surface area contributed by atoms with Crippen molar-refractivity contribution in [3.8, 4) is 0 Å². The Bertz CT molecular complexity index is 885. The molecule has 0 unspecified atom stereocenters. The average molecular weight is 805 g/mol. The van der Waals surface area contributed by atoms with Crippen LogP contribution in [0.2, 0.25) is 0 Å². The van der Waals surface area contributed by atoms with E-state index in [0.717, 1.165) is 57.8 Å². The third kappa shape index (κ3) is 45.1. The number of hydrogen-bond donors (Lipinski definition) is 0. The molecule has 0 aliphatic carbocycles. The van der Waals surface area contributed by atoms with Gasteiger partial charge in [-0.15, -0.1) is 0 Å². The average Bonchev–Trinajstić information content (AvgIpc) is 3.21. The second-order valence-corrected chi connectivity index (χ2v) is 17.1. The summed E-state index contributed by atoms with van der Waals surface area (Å²) in [5.74, 6) is -0.862. The normalized spacial score (nSPS) is 12.0. The van der Waals surface area contributed by atoms with Crippen LogP contribution in [0.15, 0.2) is 12.2 Å². The second kappa shape index (κ2) is 46.8. The lowest BCUT2D eigenvalue weighted by Crippen LogP contribution is -2.30. The monoisotopic (exact) mass is 805 g/mol. The Labute approximate surface area is 354 Å². The van der Waals surface area contributed by atoms with Gasteiger partial charge in [-0.2, -0.15) is 0 Å². The number of esters is 3. The van der Waals surface area contributed by atoms with Gasteiger partial charge in [0.2, 0.25) is 0 Å². The van der Waals surface area contributed by atoms with Gasteiger partial charge in [-0.3, -0.25) is 14.4 Å². The molecule has 0 radical (unpaired) electrons. The van der Waals surface area contributed by atoms with Gasteiger partial charge in [0.1, 0.15) is 13.2 Å². The lowest BCUT2D eigenvalue weighted by molar-refractivity contribution is -0.167. The Morgan fingerprint density at radius 2 is 0.579 bits per heavy atom. The first kappa shape index (κ1) is 55.2. The van der Waals surface area contributed by atoms with E-state index in [0.29, 0.717) is 19.3 Å². The molecule has 6 heteroatoms. The quantitative estimate of drug-likeness (QED) is 0.0264. The number of carbonyl (C=O) groups excluding carboxylic acids is 3. The van der Waals surface area contributed by atoms with Crippen LogP contribution >= 0.6 is 0 Å². The predicted molar refractivity (Wildman–Crippen MR) is 243 cm³/mol. The van der Waals surface area contributed by atoms with Crippen molar-refractivity contribution in [3.63, 3.8) is 0 Å². The second-order valence-electron chi connectivity index (χ2n) is 17.1. The van der Waals surface area contributed by atoms with Gasteiger partial charge >= 0.3 is 17.9 Å². The Kier molecular flexibility index (Phi) is 45.3. The molecule has 0 bridgehead atoms. The molecule has 0 saturated carbocycles. The van der Waals surface area contributed by atoms with Crippen LogP contribution < -0.4 is 0 Å². The van der Waals surface area contributed by atoms with Crippen molar-refractivity contribution < 1.29 is 28.6 Å². The van der Waals surface area contributed by atoms with Gasteiger partial charge in [-0.25, -0.2) is 0 Å². The van der Waals surface area contributed by atoms with E-state index in [1.165, 1.54) is 180 Å². The van der Waals surface area contributed by atoms with E-state index in [1.807, 2.05) is 0 Å². The van der Waals surface area contributed by atoms with Gasteiger partial charge in [0.25, 0.3) is 0 Å². The number of allylic oxidation sites excluding steroid dienone is 2. The molecule has 0 aromatic rings. The molecule has 1 atom stereocenters. The van der Waals surface area contributed by atoms with Crippen molar-refractivity contribution in [3.05, 3.63) is 12.2 Å². The van der Waals surface area contributed by atoms with Crippen LogP contribution in [0.25, 0.3) is 0 Å². The minimum absolute atomic E-state index is 0.0668. The summed E-state index contributed by atoms with van der Waals surface area (Å²) >= 11 is 0. The van der Waals surface area contributed by atoms with Crippen LogP contribution in [0, 0.1) is 0 Å². The first-order chi connectivity index (χ1) is 28.0. The molecule has 0 aliphatic heterocycles. The van der Waals surface area contributed by atoms with Crippen molar-refractivity contribution in [1.29, 1.82) is 0 Å². The maximum absolute atomic E-state index is 12.7. The van der Waals surface area contributed by atoms with E-state index in [-0.39, 0.29) is 31.1 Å². The van der Waals surface area contributed by atoms with Gasteiger partial charge in [-0.05, 0) is 44.9 Å². The zero-order chi connectivity index (χ0) is 41.5. The van der Waals surface area contributed by atoms with E-state index in [2.05, 4.69) is 32.9 Å². The highest BCUT2D eigenvalue weighted by molar-refractivity contribution is 5.71. The highest BCUT2D eigenvalue weighted by Gasteiger charge is 2.19. The Morgan fingerprint density at radius 1 is 0.333 bits per heavy atom. The summed E-state index contributed by atoms with van der Waals surface area (Å²) in [5, 5.41) is 0. The first-order valence-electron chi connectivity index (χ1n) is 25.2. The molecule has 6 nitrogen and oxygen atoms in total. The molecular weight excluding hydrogens is 709 g/mol. The summed E-state index contributed by atoms with van der Waals surface area (Å²) < 4.78 is 16.7. The number of carbonyl (C=O) groups is 3. The number of ether oxygens (including phenoxy) is 3. The summed E-state index contributed by atoms with van der Waals surface area (Å²) in [7, 11) is 0. The van der Waals surface area contributed by atoms with E-state index in [4.69, 9.17) is 14.2 Å². The minimum Gasteiger partial charge on any atom is -0.462 e. The van der Waals surface area contributed by atoms with Gasteiger partial charge in [0.05, 0.1) is 0 Å². The molecule has 0 aliphatic rings. The van der Waals surface area contributed by atoms with Gasteiger partial charge in [-0.1, -0.05) is 226 Å². The van der Waals surface area contributed by atoms with Crippen LogP contribution in [0.3, 0.4) is 0 Å². The van der Waals surface area contributed by atoms with Gasteiger partial charge in [0.15, 0.2) is 6.10 Å². The molecule has 57 heavy (non-hydrogen) atoms. The van der Waals surface area contributed by atoms with Crippen molar-refractivity contribution in [2.45, 2.75) is 284 Å². The van der Waals surface area contributed by atoms with Crippen molar-refractivity contribution >= 4 is 17.9 Å². The van der Waals surface area contributed by atoms with E-state index >= 15 is 0 Å². The lowest BCUT2D eigenvalue weighted by Gasteiger charge is -2.18. The van der Waals surface area contributed by atoms with E-state index in [1.54, 1.807) is 0 Å². The standard InChI is InChI=1S/C51H96O6/c1-4-7-10-13-16-19-22-23-24-25-26-27-28-29-30-33-35-38-41-44-50(53)56-47-48(57-51(54)45-42-39-36-32-21-18-15-12-9-6-3)46-55-49(52)43-40-37-34-31-20-17-14-11-8-5-2/h25-26,48H,4-24,27-47H2,1-3H3/b26-25-/t48-/m1/s1. The first-order valence-corrected chi connectivity index (χ1v) is 25.2. The third-order valence-electron chi connectivity index (χ3n) is 11.3. The number of rotatable bonds is 46. The summed E-state index contributed by atoms with van der Waals surface area (Å²) in [4.78, 5) is 37.8. The summed E-state index contributed by atoms with van der Waals surface area (Å²) in [5.41, 5.74) is 0. The largest absolute Gasteiger partial charge is 0.462 e. The fraction of sp³-hybridized carbons (Fsp3) is 0.902. The molecule has 0 saturated heterocycles. The van der Waals surface area contributed by atoms with Gasteiger partial charge in [0, 0.05) is 19.3 Å². The molecule has 0 amide bonds. The number of hydrogen-bond acceptors (Lipinski definition) is 6. The fourth-order valence-corrected chi connectivity index (χ4v) is 7.44. The molecule has 0 fully saturated rings. The molecule has 0 spiro atoms. The van der Waals surface area contributed by atoms with Crippen LogP contribution in [0.1, 0.15) is 278 Å². The Hall–Kier alpha value is -1.85. The van der Waals surface area contributed by atoms with E-state index < -0.39 is 6.10 Å². The molecular formula is C51H96O6. The molecule has 0 heterocycles. The Morgan fingerprint density at radius 3 is 0.877 bits per heavy atom. The van der Waals surface area contributed by atoms with Crippen molar-refractivity contribution in [2.75, 3.05) is 13.2 Å². The number of unbranched alkanes of at least 4 members (excludes halogenated alkanes) is 33. The highest BCUT2D eigenvalue weighted by Crippen LogP contribution is 2.15. The zero-order valence-corrected chi connectivity index (χ0v) is 38.4. The van der Waals surface area contributed by atoms with Crippen molar-refractivity contribution in [1.82, 2.24) is 0 Å². The maximum Gasteiger partial charge on any atom is 0.306 e. The minimum atomic E-state index is -0.763. The topological polar surface area (TPSA) is 78.9 Å². The predicted octanol–water partition coefficient (Wildman–Crippen LogP) is 16.2. The molecule has 0 aromatic heterocycles. The fourth-order valence-electron chi connectivity index (χ4n) is 7.44.